The van der Waals surface area contributed by atoms with Crippen LogP contribution in [0.2, 0.25) is 0 Å². The maximum atomic E-state index is 12.9. The Balaban J connectivity index is 1.31. The molecule has 2 aliphatic rings. The molecule has 2 fully saturated rings. The molecule has 180 valence electrons. The van der Waals surface area contributed by atoms with Crippen molar-refractivity contribution in [3.05, 3.63) is 71.8 Å². The van der Waals surface area contributed by atoms with Crippen molar-refractivity contribution in [1.82, 2.24) is 20.0 Å². The number of amides is 4. The summed E-state index contributed by atoms with van der Waals surface area (Å²) in [5.74, 6) is 0.0893. The number of imide groups is 1. The molecule has 35 heavy (non-hydrogen) atoms. The van der Waals surface area contributed by atoms with Gasteiger partial charge in [-0.3, -0.25) is 14.5 Å². The third kappa shape index (κ3) is 4.69. The largest absolute Gasteiger partial charge is 0.325 e. The highest BCUT2D eigenvalue weighted by molar-refractivity contribution is 6.07. The van der Waals surface area contributed by atoms with Gasteiger partial charge in [-0.2, -0.15) is 5.10 Å². The summed E-state index contributed by atoms with van der Waals surface area (Å²) >= 11 is 0. The Hall–Kier alpha value is -3.94. The topological polar surface area (TPSA) is 96.3 Å². The lowest BCUT2D eigenvalue weighted by Crippen LogP contribution is -2.44. The smallest absolute Gasteiger partial charge is 0.323 e. The van der Waals surface area contributed by atoms with Crippen LogP contribution < -0.4 is 10.6 Å². The third-order valence-electron chi connectivity index (χ3n) is 6.80. The number of benzene rings is 2. The van der Waals surface area contributed by atoms with Crippen molar-refractivity contribution >= 4 is 23.7 Å². The highest BCUT2D eigenvalue weighted by Gasteiger charge is 2.52. The van der Waals surface area contributed by atoms with Crippen molar-refractivity contribution in [3.8, 4) is 11.3 Å². The number of urea groups is 1. The summed E-state index contributed by atoms with van der Waals surface area (Å²) < 4.78 is 1.77. The summed E-state index contributed by atoms with van der Waals surface area (Å²) in [6.07, 6.45) is 3.21. The first kappa shape index (κ1) is 22.8. The second-order valence-corrected chi connectivity index (χ2v) is 9.40. The Labute approximate surface area is 204 Å². The molecule has 1 aromatic heterocycles. The number of rotatable bonds is 7. The molecule has 1 aliphatic carbocycles. The summed E-state index contributed by atoms with van der Waals surface area (Å²) in [6.45, 7) is 2.58. The quantitative estimate of drug-likeness (QED) is 0.507. The summed E-state index contributed by atoms with van der Waals surface area (Å²) in [5, 5.41) is 10.6. The van der Waals surface area contributed by atoms with Gasteiger partial charge in [-0.1, -0.05) is 66.9 Å². The highest BCUT2D eigenvalue weighted by atomic mass is 16.2. The van der Waals surface area contributed by atoms with Crippen LogP contribution >= 0.6 is 0 Å². The zero-order chi connectivity index (χ0) is 24.4. The molecule has 8 nitrogen and oxygen atoms in total. The van der Waals surface area contributed by atoms with Crippen molar-refractivity contribution in [3.63, 3.8) is 0 Å². The first-order valence-electron chi connectivity index (χ1n) is 12.1. The maximum Gasteiger partial charge on any atom is 0.325 e. The van der Waals surface area contributed by atoms with E-state index in [0.29, 0.717) is 25.2 Å². The number of carbonyl (C=O) groups excluding carboxylic acids is 3. The van der Waals surface area contributed by atoms with E-state index in [0.717, 1.165) is 35.2 Å². The molecule has 1 saturated heterocycles. The Kier molecular flexibility index (Phi) is 6.11. The van der Waals surface area contributed by atoms with Gasteiger partial charge in [0.2, 0.25) is 5.91 Å². The lowest BCUT2D eigenvalue weighted by molar-refractivity contribution is -0.131. The van der Waals surface area contributed by atoms with E-state index in [1.165, 1.54) is 4.90 Å². The van der Waals surface area contributed by atoms with Crippen LogP contribution in [0.4, 0.5) is 10.6 Å². The summed E-state index contributed by atoms with van der Waals surface area (Å²) in [4.78, 5) is 39.3. The van der Waals surface area contributed by atoms with Crippen molar-refractivity contribution in [2.75, 3.05) is 11.9 Å². The molecule has 0 radical (unpaired) electrons. The number of hydrogen-bond donors (Lipinski definition) is 2. The van der Waals surface area contributed by atoms with Gasteiger partial charge in [0.25, 0.3) is 5.91 Å². The van der Waals surface area contributed by atoms with E-state index < -0.39 is 11.6 Å². The number of aryl methyl sites for hydroxylation is 1. The fraction of sp³-hybridized carbons (Fsp3) is 0.333. The predicted molar refractivity (Wildman–Crippen MR) is 133 cm³/mol. The van der Waals surface area contributed by atoms with Crippen molar-refractivity contribution in [2.24, 2.45) is 0 Å². The second-order valence-electron chi connectivity index (χ2n) is 9.40. The van der Waals surface area contributed by atoms with Crippen LogP contribution in [0, 0.1) is 6.92 Å². The molecule has 1 saturated carbocycles. The van der Waals surface area contributed by atoms with Gasteiger partial charge in [0.1, 0.15) is 11.4 Å². The molecule has 0 unspecified atom stereocenters. The molecule has 2 N–H and O–H groups in total. The lowest BCUT2D eigenvalue weighted by atomic mass is 9.98. The molecule has 8 heteroatoms. The standard InChI is InChI=1S/C27H29N5O3/c1-19-8-7-11-21(16-19)22-17-23(32(30-22)18-20-9-3-2-4-10-20)28-24(33)12-15-31-25(34)27(29-26(31)35)13-5-6-14-27/h2-4,7-11,16-17H,5-6,12-15,18H2,1H3,(H,28,33)(H,29,35). The summed E-state index contributed by atoms with van der Waals surface area (Å²) in [5.41, 5.74) is 3.15. The SMILES string of the molecule is Cc1cccc(-c2cc(NC(=O)CCN3C(=O)NC4(CCCC4)C3=O)n(Cc3ccccc3)n2)c1. The minimum atomic E-state index is -0.759. The van der Waals surface area contributed by atoms with Gasteiger partial charge in [-0.05, 0) is 31.4 Å². The molecular formula is C27H29N5O3. The van der Waals surface area contributed by atoms with E-state index >= 15 is 0 Å². The van der Waals surface area contributed by atoms with Crippen molar-refractivity contribution in [2.45, 2.75) is 51.1 Å². The van der Waals surface area contributed by atoms with Gasteiger partial charge >= 0.3 is 6.03 Å². The van der Waals surface area contributed by atoms with Gasteiger partial charge in [-0.15, -0.1) is 0 Å². The number of aromatic nitrogens is 2. The zero-order valence-corrected chi connectivity index (χ0v) is 19.8. The molecular weight excluding hydrogens is 442 g/mol. The van der Waals surface area contributed by atoms with E-state index in [1.54, 1.807) is 4.68 Å². The number of nitrogens with zero attached hydrogens (tertiary/aromatic N) is 3. The van der Waals surface area contributed by atoms with Gasteiger partial charge < -0.3 is 10.6 Å². The maximum absolute atomic E-state index is 12.9. The van der Waals surface area contributed by atoms with Crippen LogP contribution in [0.15, 0.2) is 60.7 Å². The van der Waals surface area contributed by atoms with Crippen LogP contribution in [0.3, 0.4) is 0 Å². The van der Waals surface area contributed by atoms with E-state index in [1.807, 2.05) is 61.5 Å². The van der Waals surface area contributed by atoms with Gasteiger partial charge in [0.15, 0.2) is 0 Å². The number of carbonyl (C=O) groups is 3. The monoisotopic (exact) mass is 471 g/mol. The number of anilines is 1. The number of hydrogen-bond acceptors (Lipinski definition) is 4. The minimum absolute atomic E-state index is 0.0194. The van der Waals surface area contributed by atoms with Crippen LogP contribution in [-0.4, -0.2) is 44.6 Å². The highest BCUT2D eigenvalue weighted by Crippen LogP contribution is 2.35. The molecule has 2 aromatic carbocycles. The van der Waals surface area contributed by atoms with Crippen molar-refractivity contribution in [1.29, 1.82) is 0 Å². The predicted octanol–water partition coefficient (Wildman–Crippen LogP) is 4.10. The average Bonchev–Trinajstić information content (AvgIpc) is 3.53. The van der Waals surface area contributed by atoms with Crippen LogP contribution in [0.25, 0.3) is 11.3 Å². The Bertz CT molecular complexity index is 1260. The van der Waals surface area contributed by atoms with E-state index in [2.05, 4.69) is 16.7 Å². The normalized spacial score (nSPS) is 16.7. The minimum Gasteiger partial charge on any atom is -0.323 e. The molecule has 1 spiro atoms. The fourth-order valence-electron chi connectivity index (χ4n) is 4.96. The van der Waals surface area contributed by atoms with Crippen LogP contribution in [0.1, 0.15) is 43.2 Å². The van der Waals surface area contributed by atoms with Gasteiger partial charge in [0.05, 0.1) is 12.2 Å². The molecule has 0 atom stereocenters. The molecule has 1 aliphatic heterocycles. The molecule has 4 amide bonds. The van der Waals surface area contributed by atoms with Crippen LogP contribution in [0.5, 0.6) is 0 Å². The van der Waals surface area contributed by atoms with Crippen LogP contribution in [-0.2, 0) is 16.1 Å². The van der Waals surface area contributed by atoms with E-state index in [9.17, 15) is 14.4 Å². The first-order chi connectivity index (χ1) is 16.9. The average molecular weight is 472 g/mol. The summed E-state index contributed by atoms with van der Waals surface area (Å²) in [6, 6.07) is 19.4. The fourth-order valence-corrected chi connectivity index (χ4v) is 4.96. The van der Waals surface area contributed by atoms with Crippen molar-refractivity contribution < 1.29 is 14.4 Å². The first-order valence-corrected chi connectivity index (χ1v) is 12.1. The summed E-state index contributed by atoms with van der Waals surface area (Å²) in [7, 11) is 0. The third-order valence-corrected chi connectivity index (χ3v) is 6.80. The lowest BCUT2D eigenvalue weighted by Gasteiger charge is -2.19. The van der Waals surface area contributed by atoms with Gasteiger partial charge in [0, 0.05) is 24.6 Å². The molecule has 2 heterocycles. The zero-order valence-electron chi connectivity index (χ0n) is 19.8. The van der Waals surface area contributed by atoms with E-state index in [-0.39, 0.29) is 24.8 Å². The molecule has 0 bridgehead atoms. The molecule has 3 aromatic rings. The Morgan fingerprint density at radius 1 is 1.06 bits per heavy atom. The Morgan fingerprint density at radius 2 is 1.83 bits per heavy atom. The number of nitrogens with one attached hydrogen (secondary N) is 2. The molecule has 5 rings (SSSR count). The van der Waals surface area contributed by atoms with E-state index in [4.69, 9.17) is 5.10 Å². The van der Waals surface area contributed by atoms with Gasteiger partial charge in [-0.25, -0.2) is 9.48 Å². The Morgan fingerprint density at radius 3 is 2.57 bits per heavy atom. The second kappa shape index (κ2) is 9.37.